The molecule has 2 aromatic heterocycles. The van der Waals surface area contributed by atoms with E-state index in [0.29, 0.717) is 16.8 Å². The van der Waals surface area contributed by atoms with Gasteiger partial charge in [0.15, 0.2) is 5.65 Å². The maximum atomic E-state index is 13.1. The second-order valence-electron chi connectivity index (χ2n) is 5.50. The summed E-state index contributed by atoms with van der Waals surface area (Å²) < 4.78 is 53.0. The molecule has 1 aromatic carbocycles. The van der Waals surface area contributed by atoms with Crippen LogP contribution >= 0.6 is 0 Å². The lowest BCUT2D eigenvalue weighted by molar-refractivity contribution is 0.112. The van der Waals surface area contributed by atoms with E-state index in [9.17, 15) is 17.6 Å². The van der Waals surface area contributed by atoms with Gasteiger partial charge in [0.1, 0.15) is 0 Å². The fourth-order valence-electron chi connectivity index (χ4n) is 2.58. The Bertz CT molecular complexity index is 873. The molecule has 1 aliphatic carbocycles. The highest BCUT2D eigenvalue weighted by Gasteiger charge is 2.57. The molecule has 1 saturated carbocycles. The number of hydrogen-bond donors (Lipinski definition) is 0. The number of benzene rings is 1. The van der Waals surface area contributed by atoms with Gasteiger partial charge in [0.05, 0.1) is 17.8 Å². The number of aromatic nitrogens is 4. The molecule has 0 bridgehead atoms. The largest absolute Gasteiger partial charge is 0.297 e. The van der Waals surface area contributed by atoms with Crippen molar-refractivity contribution in [2.75, 3.05) is 0 Å². The average molecular weight is 322 g/mol. The molecule has 2 heterocycles. The molecule has 0 unspecified atom stereocenters. The number of nitrogens with zero attached hydrogens (tertiary/aromatic N) is 4. The lowest BCUT2D eigenvalue weighted by Gasteiger charge is -2.05. The maximum Gasteiger partial charge on any atom is 0.297 e. The van der Waals surface area contributed by atoms with Crippen molar-refractivity contribution in [1.29, 1.82) is 0 Å². The van der Waals surface area contributed by atoms with Crippen LogP contribution in [-0.2, 0) is 0 Å². The van der Waals surface area contributed by atoms with Gasteiger partial charge < -0.3 is 0 Å². The minimum Gasteiger partial charge on any atom is -0.278 e. The van der Waals surface area contributed by atoms with E-state index in [1.165, 1.54) is 16.8 Å². The number of rotatable bonds is 3. The highest BCUT2D eigenvalue weighted by Crippen LogP contribution is 2.55. The molecule has 3 aromatic rings. The van der Waals surface area contributed by atoms with Crippen LogP contribution in [0, 0.1) is 0 Å². The van der Waals surface area contributed by atoms with Gasteiger partial charge in [-0.15, -0.1) is 10.2 Å². The second kappa shape index (κ2) is 4.74. The van der Waals surface area contributed by atoms with E-state index >= 15 is 0 Å². The first kappa shape index (κ1) is 14.1. The van der Waals surface area contributed by atoms with Crippen molar-refractivity contribution < 1.29 is 17.6 Å². The molecule has 4 nitrogen and oxygen atoms in total. The van der Waals surface area contributed by atoms with E-state index in [-0.39, 0.29) is 12.1 Å². The van der Waals surface area contributed by atoms with Crippen LogP contribution in [0.25, 0.3) is 16.9 Å². The molecule has 1 fully saturated rings. The van der Waals surface area contributed by atoms with Crippen LogP contribution in [0.1, 0.15) is 30.2 Å². The van der Waals surface area contributed by atoms with Crippen LogP contribution in [0.3, 0.4) is 0 Å². The Labute approximate surface area is 127 Å². The first-order valence-corrected chi connectivity index (χ1v) is 6.93. The fraction of sp³-hybridized carbons (Fsp3) is 0.267. The Balaban J connectivity index is 1.70. The van der Waals surface area contributed by atoms with Crippen molar-refractivity contribution in [2.45, 2.75) is 24.7 Å². The first-order valence-electron chi connectivity index (χ1n) is 6.93. The molecule has 0 spiro atoms. The van der Waals surface area contributed by atoms with E-state index in [2.05, 4.69) is 15.2 Å². The van der Waals surface area contributed by atoms with Crippen molar-refractivity contribution in [3.05, 3.63) is 48.0 Å². The van der Waals surface area contributed by atoms with E-state index in [0.717, 1.165) is 0 Å². The molecular formula is C15H10F4N4. The van der Waals surface area contributed by atoms with Crippen LogP contribution in [0.4, 0.5) is 17.6 Å². The summed E-state index contributed by atoms with van der Waals surface area (Å²) in [5, 5.41) is 7.05. The van der Waals surface area contributed by atoms with Gasteiger partial charge in [0.2, 0.25) is 5.82 Å². The summed E-state index contributed by atoms with van der Waals surface area (Å²) in [5.74, 6) is -3.80. The second-order valence-corrected chi connectivity index (χ2v) is 5.50. The maximum absolute atomic E-state index is 13.1. The van der Waals surface area contributed by atoms with Gasteiger partial charge in [0, 0.05) is 18.2 Å². The third-order valence-electron chi connectivity index (χ3n) is 3.95. The Morgan fingerprint density at radius 1 is 1.13 bits per heavy atom. The number of alkyl halides is 4. The van der Waals surface area contributed by atoms with Crippen molar-refractivity contribution in [2.24, 2.45) is 0 Å². The van der Waals surface area contributed by atoms with Gasteiger partial charge in [-0.2, -0.15) is 0 Å². The summed E-state index contributed by atoms with van der Waals surface area (Å²) in [6, 6.07) is 6.55. The van der Waals surface area contributed by atoms with Crippen LogP contribution < -0.4 is 0 Å². The lowest BCUT2D eigenvalue weighted by Crippen LogP contribution is -1.97. The normalized spacial score (nSPS) is 19.4. The SMILES string of the molecule is FC(F)c1nnc2cnc(-c3ccc([C@@H]4CC4(F)F)cc3)cn12. The number of halogens is 4. The number of fused-ring (bicyclic) bond motifs is 1. The Morgan fingerprint density at radius 3 is 2.43 bits per heavy atom. The van der Waals surface area contributed by atoms with Crippen LogP contribution in [0.15, 0.2) is 36.7 Å². The van der Waals surface area contributed by atoms with Gasteiger partial charge in [-0.3, -0.25) is 9.38 Å². The summed E-state index contributed by atoms with van der Waals surface area (Å²) in [6.45, 7) is 0. The molecule has 0 radical (unpaired) electrons. The number of hydrogen-bond acceptors (Lipinski definition) is 3. The van der Waals surface area contributed by atoms with Gasteiger partial charge in [-0.25, -0.2) is 17.6 Å². The molecule has 118 valence electrons. The van der Waals surface area contributed by atoms with E-state index < -0.39 is 24.1 Å². The minimum atomic E-state index is -2.75. The summed E-state index contributed by atoms with van der Waals surface area (Å²) >= 11 is 0. The first-order chi connectivity index (χ1) is 11.0. The quantitative estimate of drug-likeness (QED) is 0.688. The minimum absolute atomic E-state index is 0.130. The standard InChI is InChI=1S/C15H10F4N4/c16-13(17)14-22-21-12-6-20-11(7-23(12)14)9-3-1-8(2-4-9)10-5-15(10,18)19/h1-4,6-7,10,13H,5H2/t10-/m0/s1. The van der Waals surface area contributed by atoms with Crippen LogP contribution in [0.5, 0.6) is 0 Å². The zero-order valence-corrected chi connectivity index (χ0v) is 11.6. The molecular weight excluding hydrogens is 312 g/mol. The highest BCUT2D eigenvalue weighted by atomic mass is 19.3. The Morgan fingerprint density at radius 2 is 1.83 bits per heavy atom. The Kier molecular flexibility index (Phi) is 2.91. The van der Waals surface area contributed by atoms with Crippen LogP contribution in [0.2, 0.25) is 0 Å². The molecule has 23 heavy (non-hydrogen) atoms. The molecule has 4 rings (SSSR count). The van der Waals surface area contributed by atoms with Gasteiger partial charge in [0.25, 0.3) is 12.3 Å². The molecule has 0 aliphatic heterocycles. The third kappa shape index (κ3) is 2.34. The summed E-state index contributed by atoms with van der Waals surface area (Å²) in [5.41, 5.74) is 1.87. The Hall–Kier alpha value is -2.51. The molecule has 0 N–H and O–H groups in total. The van der Waals surface area contributed by atoms with Crippen molar-refractivity contribution in [3.8, 4) is 11.3 Å². The fourth-order valence-corrected chi connectivity index (χ4v) is 2.58. The van der Waals surface area contributed by atoms with Crippen molar-refractivity contribution in [3.63, 3.8) is 0 Å². The molecule has 1 atom stereocenters. The van der Waals surface area contributed by atoms with Gasteiger partial charge in [-0.1, -0.05) is 24.3 Å². The van der Waals surface area contributed by atoms with E-state index in [1.807, 2.05) is 0 Å². The monoisotopic (exact) mass is 322 g/mol. The van der Waals surface area contributed by atoms with Crippen LogP contribution in [-0.4, -0.2) is 25.5 Å². The molecule has 0 amide bonds. The van der Waals surface area contributed by atoms with Gasteiger partial charge >= 0.3 is 0 Å². The topological polar surface area (TPSA) is 43.1 Å². The summed E-state index contributed by atoms with van der Waals surface area (Å²) in [4.78, 5) is 4.15. The lowest BCUT2D eigenvalue weighted by atomic mass is 10.1. The molecule has 0 saturated heterocycles. The summed E-state index contributed by atoms with van der Waals surface area (Å²) in [7, 11) is 0. The third-order valence-corrected chi connectivity index (χ3v) is 3.95. The van der Waals surface area contributed by atoms with Gasteiger partial charge in [-0.05, 0) is 5.56 Å². The van der Waals surface area contributed by atoms with Crippen molar-refractivity contribution >= 4 is 5.65 Å². The van der Waals surface area contributed by atoms with E-state index in [1.54, 1.807) is 24.3 Å². The van der Waals surface area contributed by atoms with Crippen molar-refractivity contribution in [1.82, 2.24) is 19.6 Å². The summed E-state index contributed by atoms with van der Waals surface area (Å²) in [6.07, 6.45) is -0.122. The zero-order chi connectivity index (χ0) is 16.2. The highest BCUT2D eigenvalue weighted by molar-refractivity contribution is 5.60. The average Bonchev–Trinajstić information content (AvgIpc) is 2.97. The smallest absolute Gasteiger partial charge is 0.278 e. The molecule has 8 heteroatoms. The molecule has 1 aliphatic rings. The predicted molar refractivity (Wildman–Crippen MR) is 73.5 cm³/mol. The van der Waals surface area contributed by atoms with E-state index in [4.69, 9.17) is 0 Å². The predicted octanol–water partition coefficient (Wildman–Crippen LogP) is 3.85. The zero-order valence-electron chi connectivity index (χ0n) is 11.6.